The number of thiocarbonyl (C=S) groups is 1. The highest BCUT2D eigenvalue weighted by Crippen LogP contribution is 2.42. The Kier molecular flexibility index (Phi) is 5.58. The first-order valence-electron chi connectivity index (χ1n) is 6.93. The molecule has 2 aliphatic rings. The van der Waals surface area contributed by atoms with Crippen molar-refractivity contribution in [3.8, 4) is 0 Å². The summed E-state index contributed by atoms with van der Waals surface area (Å²) in [5.41, 5.74) is 1.33. The van der Waals surface area contributed by atoms with Gasteiger partial charge in [0, 0.05) is 30.7 Å². The molecule has 1 heterocycles. The summed E-state index contributed by atoms with van der Waals surface area (Å²) in [6, 6.07) is 4.29. The van der Waals surface area contributed by atoms with E-state index in [1.165, 1.54) is 17.0 Å². The number of amides is 1. The maximum Gasteiger partial charge on any atom is 0.373 e. The predicted octanol–water partition coefficient (Wildman–Crippen LogP) is 1.73. The van der Waals surface area contributed by atoms with Crippen molar-refractivity contribution in [2.24, 2.45) is 0 Å². The summed E-state index contributed by atoms with van der Waals surface area (Å²) in [7, 11) is 0. The molecule has 0 unspecified atom stereocenters. The molecule has 0 saturated carbocycles. The van der Waals surface area contributed by atoms with E-state index in [0.29, 0.717) is 22.0 Å². The van der Waals surface area contributed by atoms with Gasteiger partial charge < -0.3 is 0 Å². The summed E-state index contributed by atoms with van der Waals surface area (Å²) in [5.74, 6) is -0.507. The molecule has 3 rings (SSSR count). The van der Waals surface area contributed by atoms with Crippen LogP contribution in [0.3, 0.4) is 0 Å². The Balaban J connectivity index is 0.000000701. The van der Waals surface area contributed by atoms with Crippen molar-refractivity contribution in [2.45, 2.75) is 13.3 Å². The molecule has 25 heavy (non-hydrogen) atoms. The van der Waals surface area contributed by atoms with Crippen LogP contribution in [-0.4, -0.2) is 38.5 Å². The highest BCUT2D eigenvalue weighted by molar-refractivity contribution is 8.26. The van der Waals surface area contributed by atoms with Gasteiger partial charge in [-0.25, -0.2) is 0 Å². The Hall–Kier alpha value is -2.68. The molecule has 1 amide bonds. The first kappa shape index (κ1) is 18.7. The van der Waals surface area contributed by atoms with Gasteiger partial charge in [0.2, 0.25) is 0 Å². The molecule has 0 spiro atoms. The predicted molar refractivity (Wildman–Crippen MR) is 91.3 cm³/mol. The molecule has 0 bridgehead atoms. The monoisotopic (exact) mass is 378 g/mol. The van der Waals surface area contributed by atoms with Crippen molar-refractivity contribution in [3.63, 3.8) is 0 Å². The van der Waals surface area contributed by atoms with E-state index in [4.69, 9.17) is 21.8 Å². The number of nitro groups is 1. The zero-order valence-corrected chi connectivity index (χ0v) is 14.4. The Morgan fingerprint density at radius 2 is 2.00 bits per heavy atom. The van der Waals surface area contributed by atoms with Gasteiger partial charge in [-0.05, 0) is 18.1 Å². The van der Waals surface area contributed by atoms with Crippen LogP contribution in [0.4, 0.5) is 5.69 Å². The number of carbonyl (C=O) groups is 2. The van der Waals surface area contributed by atoms with E-state index in [2.05, 4.69) is 0 Å². The van der Waals surface area contributed by atoms with Crippen molar-refractivity contribution in [2.75, 3.05) is 6.54 Å². The molecule has 128 valence electrons. The topological polar surface area (TPSA) is 115 Å². The average Bonchev–Trinajstić information content (AvgIpc) is 3.02. The van der Waals surface area contributed by atoms with Gasteiger partial charge >= 0.3 is 6.15 Å². The molecule has 1 aromatic carbocycles. The minimum absolute atomic E-state index is 0.100. The smallest absolute Gasteiger partial charge is 0.294 e. The third-order valence-corrected chi connectivity index (χ3v) is 5.04. The zero-order chi connectivity index (χ0) is 18.7. The van der Waals surface area contributed by atoms with Gasteiger partial charge in [0.25, 0.3) is 11.6 Å². The normalized spacial score (nSPS) is 18.6. The molecular weight excluding hydrogens is 368 g/mol. The second kappa shape index (κ2) is 7.47. The second-order valence-electron chi connectivity index (χ2n) is 4.90. The van der Waals surface area contributed by atoms with Crippen molar-refractivity contribution >= 4 is 57.4 Å². The van der Waals surface area contributed by atoms with Gasteiger partial charge in [0.15, 0.2) is 5.78 Å². The van der Waals surface area contributed by atoms with E-state index in [0.717, 1.165) is 11.8 Å². The number of carbonyl (C=O) groups excluding carboxylic acids is 4. The molecule has 1 aliphatic carbocycles. The number of rotatable bonds is 2. The van der Waals surface area contributed by atoms with E-state index in [9.17, 15) is 19.7 Å². The lowest BCUT2D eigenvalue weighted by Gasteiger charge is -2.10. The molecule has 1 aromatic rings. The molecular formula is C15H10N2O6S2. The maximum atomic E-state index is 12.4. The number of thioether (sulfide) groups is 1. The molecule has 1 fully saturated rings. The zero-order valence-electron chi connectivity index (χ0n) is 12.8. The van der Waals surface area contributed by atoms with Crippen LogP contribution in [-0.2, 0) is 25.6 Å². The number of likely N-dealkylation sites (N-methyl/N-ethyl adjacent to an activating group) is 1. The van der Waals surface area contributed by atoms with E-state index in [1.807, 2.05) is 0 Å². The Bertz CT molecular complexity index is 871. The van der Waals surface area contributed by atoms with E-state index in [1.54, 1.807) is 13.0 Å². The highest BCUT2D eigenvalue weighted by Gasteiger charge is 2.38. The Morgan fingerprint density at radius 1 is 1.36 bits per heavy atom. The number of allylic oxidation sites excluding steroid dienone is 1. The van der Waals surface area contributed by atoms with Crippen molar-refractivity contribution in [1.29, 1.82) is 0 Å². The van der Waals surface area contributed by atoms with E-state index >= 15 is 0 Å². The van der Waals surface area contributed by atoms with Gasteiger partial charge in [-0.15, -0.1) is 0 Å². The number of nitrogens with zero attached hydrogens (tertiary/aromatic N) is 2. The van der Waals surface area contributed by atoms with Crippen LogP contribution in [0.25, 0.3) is 5.57 Å². The maximum absolute atomic E-state index is 12.4. The molecule has 1 saturated heterocycles. The van der Waals surface area contributed by atoms with Gasteiger partial charge in [0.05, 0.1) is 9.83 Å². The lowest BCUT2D eigenvalue weighted by Crippen LogP contribution is -2.27. The van der Waals surface area contributed by atoms with Crippen molar-refractivity contribution < 1.29 is 24.1 Å². The van der Waals surface area contributed by atoms with Gasteiger partial charge in [0.1, 0.15) is 4.32 Å². The fourth-order valence-electron chi connectivity index (χ4n) is 2.55. The summed E-state index contributed by atoms with van der Waals surface area (Å²) in [5, 5.41) is 10.9. The first-order chi connectivity index (χ1) is 11.8. The van der Waals surface area contributed by atoms with Crippen LogP contribution >= 0.6 is 24.0 Å². The molecule has 1 aliphatic heterocycles. The summed E-state index contributed by atoms with van der Waals surface area (Å²) < 4.78 is 0.404. The molecule has 0 atom stereocenters. The summed E-state index contributed by atoms with van der Waals surface area (Å²) in [6.45, 7) is 2.23. The van der Waals surface area contributed by atoms with Gasteiger partial charge in [-0.2, -0.15) is 9.59 Å². The molecule has 0 aromatic heterocycles. The number of hydrogen-bond acceptors (Lipinski definition) is 8. The van der Waals surface area contributed by atoms with E-state index in [-0.39, 0.29) is 40.4 Å². The Labute approximate surface area is 151 Å². The minimum atomic E-state index is -0.516. The van der Waals surface area contributed by atoms with Gasteiger partial charge in [-0.3, -0.25) is 24.6 Å². The fraction of sp³-hybridized carbons (Fsp3) is 0.200. The van der Waals surface area contributed by atoms with E-state index < -0.39 is 4.92 Å². The van der Waals surface area contributed by atoms with Crippen LogP contribution in [0.5, 0.6) is 0 Å². The van der Waals surface area contributed by atoms with Crippen molar-refractivity contribution in [1.82, 2.24) is 4.90 Å². The summed E-state index contributed by atoms with van der Waals surface area (Å²) in [6.07, 6.45) is 0.402. The third-order valence-electron chi connectivity index (χ3n) is 3.60. The molecule has 8 nitrogen and oxygen atoms in total. The third kappa shape index (κ3) is 3.41. The number of Topliss-reactive ketones (excluding diaryl/α,β-unsaturated/α-hetero) is 1. The quantitative estimate of drug-likeness (QED) is 0.331. The largest absolute Gasteiger partial charge is 0.373 e. The standard InChI is InChI=1S/C14H10N2O4S2.CO2/c1-2-15-13(18)12(22-14(15)21)11-9-6-8(16(19)20)4-3-7(9)5-10(11)17;2-1-3/h3-4,6H,2,5H2,1H3;/b12-11-;. The lowest BCUT2D eigenvalue weighted by molar-refractivity contribution is -0.384. The number of benzene rings is 1. The minimum Gasteiger partial charge on any atom is -0.294 e. The van der Waals surface area contributed by atoms with Crippen molar-refractivity contribution in [3.05, 3.63) is 44.3 Å². The van der Waals surface area contributed by atoms with Crippen LogP contribution in [0.15, 0.2) is 23.1 Å². The number of ketones is 1. The van der Waals surface area contributed by atoms with Crippen LogP contribution in [0.2, 0.25) is 0 Å². The molecule has 0 radical (unpaired) electrons. The SMILES string of the molecule is CCN1C(=O)/C(=C2/C(=O)Cc3ccc([N+](=O)[O-])cc32)SC1=S.O=C=O. The van der Waals surface area contributed by atoms with Crippen LogP contribution in [0, 0.1) is 10.1 Å². The van der Waals surface area contributed by atoms with Crippen LogP contribution < -0.4 is 0 Å². The summed E-state index contributed by atoms with van der Waals surface area (Å²) >= 11 is 6.23. The van der Waals surface area contributed by atoms with Gasteiger partial charge in [-0.1, -0.05) is 30.0 Å². The lowest BCUT2D eigenvalue weighted by atomic mass is 10.1. The fourth-order valence-corrected chi connectivity index (χ4v) is 4.03. The number of fused-ring (bicyclic) bond motifs is 1. The summed E-state index contributed by atoms with van der Waals surface area (Å²) in [4.78, 5) is 53.0. The molecule has 0 N–H and O–H groups in total. The number of hydrogen-bond donors (Lipinski definition) is 0. The number of non-ortho nitro benzene ring substituents is 1. The number of nitro benzene ring substituents is 1. The second-order valence-corrected chi connectivity index (χ2v) is 6.55. The average molecular weight is 378 g/mol. The Morgan fingerprint density at radius 3 is 2.52 bits per heavy atom. The highest BCUT2D eigenvalue weighted by atomic mass is 32.2. The first-order valence-corrected chi connectivity index (χ1v) is 8.16. The van der Waals surface area contributed by atoms with Crippen LogP contribution in [0.1, 0.15) is 18.1 Å². The molecule has 10 heteroatoms.